The van der Waals surface area contributed by atoms with Gasteiger partial charge in [-0.2, -0.15) is 5.10 Å². The van der Waals surface area contributed by atoms with E-state index in [9.17, 15) is 0 Å². The van der Waals surface area contributed by atoms with Crippen LogP contribution in [0.3, 0.4) is 0 Å². The Labute approximate surface area is 101 Å². The molecular weight excluding hydrogens is 214 g/mol. The molecule has 0 amide bonds. The van der Waals surface area contributed by atoms with Gasteiger partial charge >= 0.3 is 0 Å². The quantitative estimate of drug-likeness (QED) is 0.858. The second-order valence-corrected chi connectivity index (χ2v) is 4.44. The fraction of sp³-hybridized carbons (Fsp3) is 0.417. The van der Waals surface area contributed by atoms with Crippen molar-refractivity contribution in [3.63, 3.8) is 0 Å². The fourth-order valence-electron chi connectivity index (χ4n) is 1.62. The molecule has 0 saturated carbocycles. The first kappa shape index (κ1) is 11.6. The van der Waals surface area contributed by atoms with Crippen molar-refractivity contribution in [3.8, 4) is 5.82 Å². The number of nitrogens with two attached hydrogens (primary N) is 1. The monoisotopic (exact) mass is 231 g/mol. The van der Waals surface area contributed by atoms with Gasteiger partial charge in [-0.25, -0.2) is 14.6 Å². The van der Waals surface area contributed by atoms with Crippen LogP contribution in [0.4, 0.5) is 5.82 Å². The number of aryl methyl sites for hydroxylation is 1. The molecule has 0 aromatic carbocycles. The van der Waals surface area contributed by atoms with Gasteiger partial charge in [0.25, 0.3) is 0 Å². The average Bonchev–Trinajstić information content (AvgIpc) is 2.72. The lowest BCUT2D eigenvalue weighted by molar-refractivity contribution is 0.749. The molecule has 2 N–H and O–H groups in total. The van der Waals surface area contributed by atoms with Gasteiger partial charge in [-0.1, -0.05) is 13.8 Å². The van der Waals surface area contributed by atoms with Gasteiger partial charge in [0.15, 0.2) is 5.82 Å². The third-order valence-corrected chi connectivity index (χ3v) is 2.69. The molecule has 0 aliphatic rings. The molecule has 2 aromatic rings. The van der Waals surface area contributed by atoms with Crippen LogP contribution < -0.4 is 5.73 Å². The fourth-order valence-corrected chi connectivity index (χ4v) is 1.62. The van der Waals surface area contributed by atoms with E-state index in [0.717, 1.165) is 17.1 Å². The molecule has 0 spiro atoms. The van der Waals surface area contributed by atoms with Gasteiger partial charge in [-0.15, -0.1) is 0 Å². The maximum Gasteiger partial charge on any atom is 0.162 e. The maximum atomic E-state index is 5.83. The molecule has 0 saturated heterocycles. The van der Waals surface area contributed by atoms with Crippen molar-refractivity contribution in [1.82, 2.24) is 19.7 Å². The zero-order chi connectivity index (χ0) is 12.6. The van der Waals surface area contributed by atoms with E-state index in [1.54, 1.807) is 4.68 Å². The molecule has 2 rings (SSSR count). The van der Waals surface area contributed by atoms with Crippen LogP contribution in [0.25, 0.3) is 5.82 Å². The molecule has 5 nitrogen and oxygen atoms in total. The summed E-state index contributed by atoms with van der Waals surface area (Å²) in [6, 6.07) is 2.00. The standard InChI is InChI=1S/C12H17N5/c1-7(2)10-5-6-17(16-10)12-8(3)11(13)14-9(4)15-12/h5-7H,1-4H3,(H2,13,14,15). The number of hydrogen-bond acceptors (Lipinski definition) is 4. The zero-order valence-corrected chi connectivity index (χ0v) is 10.6. The normalized spacial score (nSPS) is 11.1. The van der Waals surface area contributed by atoms with E-state index in [0.29, 0.717) is 17.6 Å². The van der Waals surface area contributed by atoms with E-state index in [1.165, 1.54) is 0 Å². The van der Waals surface area contributed by atoms with E-state index in [-0.39, 0.29) is 0 Å². The third kappa shape index (κ3) is 2.13. The van der Waals surface area contributed by atoms with Crippen LogP contribution >= 0.6 is 0 Å². The van der Waals surface area contributed by atoms with E-state index in [4.69, 9.17) is 5.73 Å². The Balaban J connectivity index is 2.52. The minimum absolute atomic E-state index is 0.400. The molecule has 17 heavy (non-hydrogen) atoms. The summed E-state index contributed by atoms with van der Waals surface area (Å²) in [5.74, 6) is 2.32. The van der Waals surface area contributed by atoms with Crippen LogP contribution in [0, 0.1) is 13.8 Å². The smallest absolute Gasteiger partial charge is 0.162 e. The minimum Gasteiger partial charge on any atom is -0.383 e. The molecule has 0 radical (unpaired) electrons. The van der Waals surface area contributed by atoms with Gasteiger partial charge < -0.3 is 5.73 Å². The van der Waals surface area contributed by atoms with Gasteiger partial charge in [0.1, 0.15) is 11.6 Å². The van der Waals surface area contributed by atoms with E-state index in [2.05, 4.69) is 28.9 Å². The SMILES string of the molecule is Cc1nc(N)c(C)c(-n2ccc(C(C)C)n2)n1. The highest BCUT2D eigenvalue weighted by atomic mass is 15.3. The maximum absolute atomic E-state index is 5.83. The van der Waals surface area contributed by atoms with Crippen molar-refractivity contribution in [2.75, 3.05) is 5.73 Å². The number of rotatable bonds is 2. The largest absolute Gasteiger partial charge is 0.383 e. The van der Waals surface area contributed by atoms with Crippen molar-refractivity contribution >= 4 is 5.82 Å². The highest BCUT2D eigenvalue weighted by molar-refractivity contribution is 5.47. The molecule has 0 bridgehead atoms. The lowest BCUT2D eigenvalue weighted by Crippen LogP contribution is -2.08. The van der Waals surface area contributed by atoms with Gasteiger partial charge in [0, 0.05) is 11.8 Å². The van der Waals surface area contributed by atoms with Crippen molar-refractivity contribution in [2.45, 2.75) is 33.6 Å². The lowest BCUT2D eigenvalue weighted by Gasteiger charge is -2.08. The predicted molar refractivity (Wildman–Crippen MR) is 67.1 cm³/mol. The van der Waals surface area contributed by atoms with Crippen LogP contribution in [-0.2, 0) is 0 Å². The Kier molecular flexibility index (Phi) is 2.83. The summed E-state index contributed by atoms with van der Waals surface area (Å²) in [5.41, 5.74) is 7.73. The first-order valence-electron chi connectivity index (χ1n) is 5.65. The van der Waals surface area contributed by atoms with Crippen LogP contribution in [0.1, 0.15) is 36.8 Å². The van der Waals surface area contributed by atoms with Crippen molar-refractivity contribution in [3.05, 3.63) is 29.3 Å². The molecular formula is C12H17N5. The van der Waals surface area contributed by atoms with Crippen molar-refractivity contribution in [1.29, 1.82) is 0 Å². The van der Waals surface area contributed by atoms with Gasteiger partial charge in [-0.3, -0.25) is 0 Å². The second kappa shape index (κ2) is 4.16. The summed E-state index contributed by atoms with van der Waals surface area (Å²) >= 11 is 0. The number of hydrogen-bond donors (Lipinski definition) is 1. The first-order valence-corrected chi connectivity index (χ1v) is 5.65. The van der Waals surface area contributed by atoms with Gasteiger partial charge in [0.05, 0.1) is 5.69 Å². The highest BCUT2D eigenvalue weighted by Crippen LogP contribution is 2.18. The van der Waals surface area contributed by atoms with Gasteiger partial charge in [0.2, 0.25) is 0 Å². The molecule has 0 unspecified atom stereocenters. The average molecular weight is 231 g/mol. The Morgan fingerprint density at radius 1 is 1.24 bits per heavy atom. The summed E-state index contributed by atoms with van der Waals surface area (Å²) in [7, 11) is 0. The van der Waals surface area contributed by atoms with E-state index in [1.807, 2.05) is 26.1 Å². The summed E-state index contributed by atoms with van der Waals surface area (Å²) in [4.78, 5) is 8.51. The topological polar surface area (TPSA) is 69.6 Å². The van der Waals surface area contributed by atoms with E-state index < -0.39 is 0 Å². The summed E-state index contributed by atoms with van der Waals surface area (Å²) in [6.45, 7) is 7.95. The van der Waals surface area contributed by atoms with Crippen LogP contribution in [0.2, 0.25) is 0 Å². The lowest BCUT2D eigenvalue weighted by atomic mass is 10.1. The Morgan fingerprint density at radius 3 is 2.53 bits per heavy atom. The third-order valence-electron chi connectivity index (χ3n) is 2.69. The predicted octanol–water partition coefficient (Wildman–Crippen LogP) is 1.98. The summed E-state index contributed by atoms with van der Waals surface area (Å²) in [6.07, 6.45) is 1.91. The first-order chi connectivity index (χ1) is 7.99. The molecule has 0 aliphatic heterocycles. The highest BCUT2D eigenvalue weighted by Gasteiger charge is 2.11. The Morgan fingerprint density at radius 2 is 1.94 bits per heavy atom. The number of anilines is 1. The van der Waals surface area contributed by atoms with Gasteiger partial charge in [-0.05, 0) is 25.8 Å². The molecule has 2 aromatic heterocycles. The summed E-state index contributed by atoms with van der Waals surface area (Å²) < 4.78 is 1.76. The van der Waals surface area contributed by atoms with Crippen molar-refractivity contribution < 1.29 is 0 Å². The zero-order valence-electron chi connectivity index (χ0n) is 10.6. The molecule has 90 valence electrons. The van der Waals surface area contributed by atoms with Crippen LogP contribution in [0.5, 0.6) is 0 Å². The Bertz CT molecular complexity index is 542. The molecule has 0 fully saturated rings. The molecule has 5 heteroatoms. The Hall–Kier alpha value is -1.91. The molecule has 0 atom stereocenters. The molecule has 2 heterocycles. The minimum atomic E-state index is 0.400. The number of aromatic nitrogens is 4. The summed E-state index contributed by atoms with van der Waals surface area (Å²) in [5, 5.41) is 4.49. The second-order valence-electron chi connectivity index (χ2n) is 4.44. The number of nitrogen functional groups attached to an aromatic ring is 1. The van der Waals surface area contributed by atoms with Crippen molar-refractivity contribution in [2.24, 2.45) is 0 Å². The van der Waals surface area contributed by atoms with E-state index >= 15 is 0 Å². The molecule has 0 aliphatic carbocycles. The number of nitrogens with zero attached hydrogens (tertiary/aromatic N) is 4. The van der Waals surface area contributed by atoms with Crippen LogP contribution in [-0.4, -0.2) is 19.7 Å². The van der Waals surface area contributed by atoms with Crippen LogP contribution in [0.15, 0.2) is 12.3 Å².